The fourth-order valence-corrected chi connectivity index (χ4v) is 3.66. The quantitative estimate of drug-likeness (QED) is 0.494. The number of hydrogen-bond donors (Lipinski definition) is 4. The van der Waals surface area contributed by atoms with E-state index in [0.29, 0.717) is 11.2 Å². The SMILES string of the molecule is CCOC(=O)C1=C(C)Nc2[nH]c(=O)[nH]c(=O)c2[C@@H]1c1cc2ccccc2[nH]c1=O. The Morgan fingerprint density at radius 3 is 2.59 bits per heavy atom. The molecule has 0 bridgehead atoms. The largest absolute Gasteiger partial charge is 0.463 e. The van der Waals surface area contributed by atoms with Crippen LogP contribution in [0, 0.1) is 0 Å². The van der Waals surface area contributed by atoms with E-state index in [4.69, 9.17) is 4.74 Å². The van der Waals surface area contributed by atoms with Crippen LogP contribution in [0.25, 0.3) is 10.9 Å². The van der Waals surface area contributed by atoms with Crippen molar-refractivity contribution in [3.8, 4) is 0 Å². The Hall–Kier alpha value is -3.88. The van der Waals surface area contributed by atoms with E-state index >= 15 is 0 Å². The first-order valence-corrected chi connectivity index (χ1v) is 9.04. The van der Waals surface area contributed by atoms with Crippen molar-refractivity contribution >= 4 is 22.7 Å². The minimum Gasteiger partial charge on any atom is -0.463 e. The molecule has 0 saturated carbocycles. The van der Waals surface area contributed by atoms with Gasteiger partial charge in [-0.25, -0.2) is 9.59 Å². The number of benzene rings is 1. The van der Waals surface area contributed by atoms with Crippen LogP contribution in [0.2, 0.25) is 0 Å². The van der Waals surface area contributed by atoms with E-state index in [2.05, 4.69) is 20.3 Å². The normalized spacial score (nSPS) is 15.7. The summed E-state index contributed by atoms with van der Waals surface area (Å²) in [5, 5.41) is 3.62. The maximum atomic E-state index is 12.9. The zero-order valence-electron chi connectivity index (χ0n) is 15.7. The fraction of sp³-hybridized carbons (Fsp3) is 0.200. The molecule has 0 radical (unpaired) electrons. The van der Waals surface area contributed by atoms with E-state index in [1.165, 1.54) is 0 Å². The lowest BCUT2D eigenvalue weighted by Crippen LogP contribution is -2.36. The van der Waals surface area contributed by atoms with E-state index in [1.807, 2.05) is 12.1 Å². The minimum atomic E-state index is -1.01. The van der Waals surface area contributed by atoms with Gasteiger partial charge in [0.1, 0.15) is 5.82 Å². The van der Waals surface area contributed by atoms with Crippen molar-refractivity contribution in [1.82, 2.24) is 15.0 Å². The molecule has 0 saturated heterocycles. The van der Waals surface area contributed by atoms with Gasteiger partial charge in [-0.3, -0.25) is 19.6 Å². The average Bonchev–Trinajstić information content (AvgIpc) is 2.66. The number of para-hydroxylation sites is 1. The zero-order valence-corrected chi connectivity index (χ0v) is 15.7. The van der Waals surface area contributed by atoms with E-state index in [1.54, 1.807) is 32.0 Å². The van der Waals surface area contributed by atoms with Gasteiger partial charge in [-0.2, -0.15) is 0 Å². The number of aromatic nitrogens is 3. The van der Waals surface area contributed by atoms with Gasteiger partial charge in [0.2, 0.25) is 0 Å². The third-order valence-corrected chi connectivity index (χ3v) is 4.86. The summed E-state index contributed by atoms with van der Waals surface area (Å²) in [5.41, 5.74) is -0.410. The van der Waals surface area contributed by atoms with Gasteiger partial charge in [0.05, 0.1) is 23.7 Å². The summed E-state index contributed by atoms with van der Waals surface area (Å²) in [5.74, 6) is -1.52. The summed E-state index contributed by atoms with van der Waals surface area (Å²) in [7, 11) is 0. The van der Waals surface area contributed by atoms with Crippen LogP contribution in [0.3, 0.4) is 0 Å². The molecule has 9 nitrogen and oxygen atoms in total. The van der Waals surface area contributed by atoms with Crippen molar-refractivity contribution in [1.29, 1.82) is 0 Å². The maximum Gasteiger partial charge on any atom is 0.336 e. The third-order valence-electron chi connectivity index (χ3n) is 4.86. The number of carbonyl (C=O) groups excluding carboxylic acids is 1. The molecule has 9 heteroatoms. The number of fused-ring (bicyclic) bond motifs is 2. The van der Waals surface area contributed by atoms with E-state index in [9.17, 15) is 19.2 Å². The van der Waals surface area contributed by atoms with Crippen molar-refractivity contribution in [2.24, 2.45) is 0 Å². The molecule has 3 heterocycles. The zero-order chi connectivity index (χ0) is 20.7. The molecular weight excluding hydrogens is 376 g/mol. The molecule has 1 aromatic carbocycles. The maximum absolute atomic E-state index is 12.9. The molecule has 1 aliphatic rings. The highest BCUT2D eigenvalue weighted by Crippen LogP contribution is 2.38. The molecule has 0 aliphatic carbocycles. The van der Waals surface area contributed by atoms with Gasteiger partial charge in [0, 0.05) is 16.8 Å². The highest BCUT2D eigenvalue weighted by Gasteiger charge is 2.37. The smallest absolute Gasteiger partial charge is 0.336 e. The second-order valence-corrected chi connectivity index (χ2v) is 6.66. The number of anilines is 1. The molecule has 148 valence electrons. The standard InChI is InChI=1S/C20H18N4O5/c1-3-29-19(27)13-9(2)21-16-15(18(26)24-20(28)23-16)14(13)11-8-10-6-4-5-7-12(10)22-17(11)25/h4-8,14H,3H2,1-2H3,(H,22,25)(H3,21,23,24,26,28)/t14-/m1/s1. The summed E-state index contributed by atoms with van der Waals surface area (Å²) in [4.78, 5) is 57.6. The molecule has 1 atom stereocenters. The summed E-state index contributed by atoms with van der Waals surface area (Å²) >= 11 is 0. The van der Waals surface area contributed by atoms with Crippen molar-refractivity contribution in [3.63, 3.8) is 0 Å². The van der Waals surface area contributed by atoms with E-state index < -0.39 is 28.7 Å². The summed E-state index contributed by atoms with van der Waals surface area (Å²) in [6.45, 7) is 3.42. The first-order valence-electron chi connectivity index (χ1n) is 9.04. The van der Waals surface area contributed by atoms with Crippen molar-refractivity contribution in [2.75, 3.05) is 11.9 Å². The lowest BCUT2D eigenvalue weighted by atomic mass is 9.82. The number of pyridine rings is 1. The predicted octanol–water partition coefficient (Wildman–Crippen LogP) is 1.30. The lowest BCUT2D eigenvalue weighted by molar-refractivity contribution is -0.138. The number of H-pyrrole nitrogens is 3. The van der Waals surface area contributed by atoms with Crippen LogP contribution in [0.4, 0.5) is 5.82 Å². The lowest BCUT2D eigenvalue weighted by Gasteiger charge is -2.28. The Morgan fingerprint density at radius 1 is 1.07 bits per heavy atom. The first-order chi connectivity index (χ1) is 13.9. The van der Waals surface area contributed by atoms with Crippen molar-refractivity contribution in [2.45, 2.75) is 19.8 Å². The Bertz CT molecular complexity index is 1350. The molecule has 0 amide bonds. The molecule has 3 aromatic rings. The van der Waals surface area contributed by atoms with Gasteiger partial charge in [0.15, 0.2) is 0 Å². The number of ether oxygens (including phenoxy) is 1. The Labute approximate surface area is 163 Å². The van der Waals surface area contributed by atoms with E-state index in [0.717, 1.165) is 5.39 Å². The monoisotopic (exact) mass is 394 g/mol. The molecule has 29 heavy (non-hydrogen) atoms. The third kappa shape index (κ3) is 3.06. The first kappa shape index (κ1) is 18.5. The molecule has 2 aromatic heterocycles. The Morgan fingerprint density at radius 2 is 1.83 bits per heavy atom. The number of allylic oxidation sites excluding steroid dienone is 1. The molecular formula is C20H18N4O5. The number of esters is 1. The molecule has 4 N–H and O–H groups in total. The van der Waals surface area contributed by atoms with Gasteiger partial charge in [-0.15, -0.1) is 0 Å². The second-order valence-electron chi connectivity index (χ2n) is 6.66. The average molecular weight is 394 g/mol. The van der Waals surface area contributed by atoms with Gasteiger partial charge in [-0.05, 0) is 31.4 Å². The van der Waals surface area contributed by atoms with Crippen LogP contribution in [0.15, 0.2) is 56.0 Å². The predicted molar refractivity (Wildman–Crippen MR) is 107 cm³/mol. The molecule has 0 fully saturated rings. The van der Waals surface area contributed by atoms with Crippen LogP contribution in [-0.4, -0.2) is 27.5 Å². The van der Waals surface area contributed by atoms with Crippen LogP contribution in [0.1, 0.15) is 30.9 Å². The van der Waals surface area contributed by atoms with E-state index in [-0.39, 0.29) is 29.1 Å². The summed E-state index contributed by atoms with van der Waals surface area (Å²) < 4.78 is 5.18. The Balaban J connectivity index is 2.06. The minimum absolute atomic E-state index is 0.0686. The molecule has 0 unspecified atom stereocenters. The van der Waals surface area contributed by atoms with Crippen molar-refractivity contribution in [3.05, 3.63) is 83.9 Å². The summed E-state index contributed by atoms with van der Waals surface area (Å²) in [6, 6.07) is 8.83. The van der Waals surface area contributed by atoms with Crippen LogP contribution in [0.5, 0.6) is 0 Å². The number of aromatic amines is 3. The number of carbonyl (C=O) groups is 1. The Kier molecular flexibility index (Phi) is 4.42. The fourth-order valence-electron chi connectivity index (χ4n) is 3.66. The molecule has 4 rings (SSSR count). The van der Waals surface area contributed by atoms with Crippen LogP contribution >= 0.6 is 0 Å². The van der Waals surface area contributed by atoms with Crippen LogP contribution in [-0.2, 0) is 9.53 Å². The topological polar surface area (TPSA) is 137 Å². The van der Waals surface area contributed by atoms with Gasteiger partial charge < -0.3 is 15.0 Å². The summed E-state index contributed by atoms with van der Waals surface area (Å²) in [6.07, 6.45) is 0. The number of hydrogen-bond acceptors (Lipinski definition) is 6. The number of nitrogens with one attached hydrogen (secondary N) is 4. The molecule has 1 aliphatic heterocycles. The highest BCUT2D eigenvalue weighted by molar-refractivity contribution is 5.94. The number of rotatable bonds is 3. The van der Waals surface area contributed by atoms with Gasteiger partial charge >= 0.3 is 11.7 Å². The van der Waals surface area contributed by atoms with Crippen LogP contribution < -0.4 is 22.1 Å². The van der Waals surface area contributed by atoms with Crippen molar-refractivity contribution < 1.29 is 9.53 Å². The highest BCUT2D eigenvalue weighted by atomic mass is 16.5. The van der Waals surface area contributed by atoms with Gasteiger partial charge in [0.25, 0.3) is 11.1 Å². The molecule has 0 spiro atoms. The second kappa shape index (κ2) is 6.93. The van der Waals surface area contributed by atoms with Gasteiger partial charge in [-0.1, -0.05) is 18.2 Å².